The fraction of sp³-hybridized carbons (Fsp3) is 1.00. The first-order chi connectivity index (χ1) is 7.15. The van der Waals surface area contributed by atoms with Crippen LogP contribution in [0.3, 0.4) is 0 Å². The van der Waals surface area contributed by atoms with Crippen LogP contribution in [0.5, 0.6) is 0 Å². The van der Waals surface area contributed by atoms with Gasteiger partial charge in [0, 0.05) is 6.04 Å². The summed E-state index contributed by atoms with van der Waals surface area (Å²) in [5, 5.41) is 3.69. The van der Waals surface area contributed by atoms with Crippen molar-refractivity contribution >= 4 is 0 Å². The van der Waals surface area contributed by atoms with Gasteiger partial charge >= 0.3 is 0 Å². The zero-order valence-corrected chi connectivity index (χ0v) is 11.1. The van der Waals surface area contributed by atoms with Crippen molar-refractivity contribution in [2.24, 2.45) is 17.8 Å². The van der Waals surface area contributed by atoms with Gasteiger partial charge in [0.2, 0.25) is 0 Å². The predicted molar refractivity (Wildman–Crippen MR) is 68.0 cm³/mol. The Morgan fingerprint density at radius 1 is 1.13 bits per heavy atom. The summed E-state index contributed by atoms with van der Waals surface area (Å²) in [6.07, 6.45) is 7.14. The molecule has 2 atom stereocenters. The van der Waals surface area contributed by atoms with Crippen molar-refractivity contribution in [1.82, 2.24) is 5.32 Å². The molecular weight excluding hydrogens is 182 g/mol. The van der Waals surface area contributed by atoms with Gasteiger partial charge in [-0.05, 0) is 37.6 Å². The van der Waals surface area contributed by atoms with Crippen molar-refractivity contribution in [3.63, 3.8) is 0 Å². The third-order valence-electron chi connectivity index (χ3n) is 4.18. The lowest BCUT2D eigenvalue weighted by atomic mass is 9.82. The molecule has 1 aliphatic carbocycles. The van der Waals surface area contributed by atoms with Crippen LogP contribution in [-0.2, 0) is 0 Å². The van der Waals surface area contributed by atoms with Gasteiger partial charge in [-0.1, -0.05) is 46.5 Å². The number of nitrogens with one attached hydrogen (secondary N) is 1. The van der Waals surface area contributed by atoms with Crippen molar-refractivity contribution in [2.75, 3.05) is 6.54 Å². The van der Waals surface area contributed by atoms with E-state index in [2.05, 4.69) is 33.0 Å². The van der Waals surface area contributed by atoms with Crippen LogP contribution in [0.2, 0.25) is 0 Å². The van der Waals surface area contributed by atoms with E-state index in [1.807, 2.05) is 0 Å². The molecule has 1 fully saturated rings. The van der Waals surface area contributed by atoms with Gasteiger partial charge in [-0.25, -0.2) is 0 Å². The van der Waals surface area contributed by atoms with Crippen molar-refractivity contribution in [3.8, 4) is 0 Å². The molecule has 0 spiro atoms. The van der Waals surface area contributed by atoms with Crippen molar-refractivity contribution < 1.29 is 0 Å². The maximum absolute atomic E-state index is 3.69. The molecule has 0 bridgehead atoms. The quantitative estimate of drug-likeness (QED) is 0.704. The lowest BCUT2D eigenvalue weighted by Gasteiger charge is -2.28. The Morgan fingerprint density at radius 2 is 1.73 bits per heavy atom. The molecule has 0 aromatic rings. The third-order valence-corrected chi connectivity index (χ3v) is 4.18. The fourth-order valence-corrected chi connectivity index (χ4v) is 2.81. The third kappa shape index (κ3) is 4.14. The molecular formula is C14H29N. The minimum Gasteiger partial charge on any atom is -0.314 e. The first kappa shape index (κ1) is 13.0. The van der Waals surface area contributed by atoms with Crippen LogP contribution in [-0.4, -0.2) is 12.6 Å². The van der Waals surface area contributed by atoms with Crippen LogP contribution in [0.15, 0.2) is 0 Å². The minimum absolute atomic E-state index is 0.688. The largest absolute Gasteiger partial charge is 0.314 e. The highest BCUT2D eigenvalue weighted by atomic mass is 14.9. The van der Waals surface area contributed by atoms with E-state index < -0.39 is 0 Å². The second-order valence-electron chi connectivity index (χ2n) is 5.67. The Bertz CT molecular complexity index is 159. The molecule has 0 aromatic carbocycles. The molecule has 0 saturated heterocycles. The molecule has 1 rings (SSSR count). The van der Waals surface area contributed by atoms with Gasteiger partial charge < -0.3 is 5.32 Å². The Morgan fingerprint density at radius 3 is 2.20 bits per heavy atom. The molecule has 1 nitrogen and oxygen atoms in total. The summed E-state index contributed by atoms with van der Waals surface area (Å²) in [7, 11) is 0. The van der Waals surface area contributed by atoms with Crippen molar-refractivity contribution in [2.45, 2.75) is 65.8 Å². The molecule has 0 aromatic heterocycles. The number of hydrogen-bond donors (Lipinski definition) is 1. The summed E-state index contributed by atoms with van der Waals surface area (Å²) in [5.41, 5.74) is 0. The molecule has 0 radical (unpaired) electrons. The van der Waals surface area contributed by atoms with E-state index in [9.17, 15) is 0 Å². The SMILES string of the molecule is CC[C@@H](C)NCC(C(C)C)C1CCCC1. The number of rotatable bonds is 6. The maximum atomic E-state index is 3.69. The average molecular weight is 211 g/mol. The molecule has 1 heteroatoms. The van der Waals surface area contributed by atoms with Gasteiger partial charge in [-0.15, -0.1) is 0 Å². The topological polar surface area (TPSA) is 12.0 Å². The normalized spacial score (nSPS) is 22.2. The van der Waals surface area contributed by atoms with Crippen LogP contribution >= 0.6 is 0 Å². The smallest absolute Gasteiger partial charge is 0.00362 e. The monoisotopic (exact) mass is 211 g/mol. The molecule has 15 heavy (non-hydrogen) atoms. The predicted octanol–water partition coefficient (Wildman–Crippen LogP) is 3.84. The fourth-order valence-electron chi connectivity index (χ4n) is 2.81. The van der Waals surface area contributed by atoms with Gasteiger partial charge in [-0.2, -0.15) is 0 Å². The second kappa shape index (κ2) is 6.52. The minimum atomic E-state index is 0.688. The van der Waals surface area contributed by atoms with Crippen LogP contribution in [0.4, 0.5) is 0 Å². The molecule has 0 heterocycles. The summed E-state index contributed by atoms with van der Waals surface area (Å²) in [6.45, 7) is 10.6. The molecule has 0 amide bonds. The summed E-state index contributed by atoms with van der Waals surface area (Å²) in [4.78, 5) is 0. The summed E-state index contributed by atoms with van der Waals surface area (Å²) < 4.78 is 0. The first-order valence-electron chi connectivity index (χ1n) is 6.88. The van der Waals surface area contributed by atoms with E-state index in [0.717, 1.165) is 17.8 Å². The highest BCUT2D eigenvalue weighted by Gasteiger charge is 2.27. The van der Waals surface area contributed by atoms with Gasteiger partial charge in [0.15, 0.2) is 0 Å². The first-order valence-corrected chi connectivity index (χ1v) is 6.88. The Labute approximate surface area is 96.0 Å². The number of hydrogen-bond acceptors (Lipinski definition) is 1. The van der Waals surface area contributed by atoms with E-state index in [-0.39, 0.29) is 0 Å². The molecule has 90 valence electrons. The standard InChI is InChI=1S/C14H29N/c1-5-12(4)15-10-14(11(2)3)13-8-6-7-9-13/h11-15H,5-10H2,1-4H3/t12-,14?/m1/s1. The van der Waals surface area contributed by atoms with Gasteiger partial charge in [0.05, 0.1) is 0 Å². The lowest BCUT2D eigenvalue weighted by Crippen LogP contribution is -2.35. The van der Waals surface area contributed by atoms with E-state index >= 15 is 0 Å². The Kier molecular flexibility index (Phi) is 5.66. The molecule has 1 unspecified atom stereocenters. The van der Waals surface area contributed by atoms with Crippen LogP contribution in [0.25, 0.3) is 0 Å². The van der Waals surface area contributed by atoms with Crippen LogP contribution < -0.4 is 5.32 Å². The van der Waals surface area contributed by atoms with E-state index in [0.29, 0.717) is 6.04 Å². The van der Waals surface area contributed by atoms with E-state index in [1.54, 1.807) is 0 Å². The van der Waals surface area contributed by atoms with Crippen LogP contribution in [0, 0.1) is 17.8 Å². The summed E-state index contributed by atoms with van der Waals surface area (Å²) >= 11 is 0. The summed E-state index contributed by atoms with van der Waals surface area (Å²) in [6, 6.07) is 0.688. The van der Waals surface area contributed by atoms with Gasteiger partial charge in [0.1, 0.15) is 0 Å². The molecule has 1 aliphatic rings. The highest BCUT2D eigenvalue weighted by molar-refractivity contribution is 4.79. The molecule has 1 saturated carbocycles. The highest BCUT2D eigenvalue weighted by Crippen LogP contribution is 2.34. The van der Waals surface area contributed by atoms with Gasteiger partial charge in [0.25, 0.3) is 0 Å². The van der Waals surface area contributed by atoms with E-state index in [1.165, 1.54) is 38.6 Å². The lowest BCUT2D eigenvalue weighted by molar-refractivity contribution is 0.240. The second-order valence-corrected chi connectivity index (χ2v) is 5.67. The average Bonchev–Trinajstić information content (AvgIpc) is 2.70. The maximum Gasteiger partial charge on any atom is 0.00362 e. The Hall–Kier alpha value is -0.0400. The van der Waals surface area contributed by atoms with E-state index in [4.69, 9.17) is 0 Å². The zero-order chi connectivity index (χ0) is 11.3. The Balaban J connectivity index is 2.36. The van der Waals surface area contributed by atoms with Crippen molar-refractivity contribution in [3.05, 3.63) is 0 Å². The zero-order valence-electron chi connectivity index (χ0n) is 11.1. The summed E-state index contributed by atoms with van der Waals surface area (Å²) in [5.74, 6) is 2.74. The van der Waals surface area contributed by atoms with Gasteiger partial charge in [-0.3, -0.25) is 0 Å². The molecule has 0 aliphatic heterocycles. The van der Waals surface area contributed by atoms with Crippen molar-refractivity contribution in [1.29, 1.82) is 0 Å². The van der Waals surface area contributed by atoms with Crippen LogP contribution in [0.1, 0.15) is 59.8 Å². The molecule has 1 N–H and O–H groups in total.